The third kappa shape index (κ3) is 3.18. The molecule has 1 aliphatic carbocycles. The molecule has 0 radical (unpaired) electrons. The fourth-order valence-electron chi connectivity index (χ4n) is 1.18. The van der Waals surface area contributed by atoms with Crippen LogP contribution in [-0.2, 0) is 19.2 Å². The number of ether oxygens (including phenoxy) is 2. The zero-order valence-corrected chi connectivity index (χ0v) is 8.71. The highest BCUT2D eigenvalue weighted by molar-refractivity contribution is 6.00. The molecule has 1 aliphatic rings. The third-order valence-corrected chi connectivity index (χ3v) is 2.11. The van der Waals surface area contributed by atoms with Crippen molar-refractivity contribution in [1.29, 1.82) is 0 Å². The number of carbonyl (C=O) groups is 2. The molecule has 0 bridgehead atoms. The number of allylic oxidation sites excluding steroid dienone is 2. The van der Waals surface area contributed by atoms with Crippen LogP contribution in [-0.4, -0.2) is 36.5 Å². The Labute approximate surface area is 92.0 Å². The van der Waals surface area contributed by atoms with Gasteiger partial charge in [-0.05, 0) is 24.3 Å². The molecule has 0 aromatic carbocycles. The molecule has 1 rings (SSSR count). The van der Waals surface area contributed by atoms with Gasteiger partial charge in [0.15, 0.2) is 5.78 Å². The SMILES string of the molecule is COC(=O)OCCC1(OO)C=CC(=O)C=C1. The van der Waals surface area contributed by atoms with Crippen LogP contribution in [0.1, 0.15) is 6.42 Å². The van der Waals surface area contributed by atoms with E-state index in [0.29, 0.717) is 0 Å². The second-order valence-electron chi connectivity index (χ2n) is 3.17. The highest BCUT2D eigenvalue weighted by Gasteiger charge is 2.28. The average molecular weight is 228 g/mol. The molecule has 0 unspecified atom stereocenters. The Kier molecular flexibility index (Phi) is 4.21. The summed E-state index contributed by atoms with van der Waals surface area (Å²) in [5, 5.41) is 8.76. The van der Waals surface area contributed by atoms with Crippen LogP contribution in [0.5, 0.6) is 0 Å². The molecule has 0 heterocycles. The molecule has 0 aromatic rings. The number of methoxy groups -OCH3 is 1. The van der Waals surface area contributed by atoms with Gasteiger partial charge in [-0.1, -0.05) is 0 Å². The second kappa shape index (κ2) is 5.43. The van der Waals surface area contributed by atoms with E-state index >= 15 is 0 Å². The first-order valence-corrected chi connectivity index (χ1v) is 4.58. The van der Waals surface area contributed by atoms with Crippen LogP contribution >= 0.6 is 0 Å². The summed E-state index contributed by atoms with van der Waals surface area (Å²) in [4.78, 5) is 25.8. The minimum absolute atomic E-state index is 0.00387. The molecule has 0 saturated carbocycles. The van der Waals surface area contributed by atoms with Gasteiger partial charge in [0.1, 0.15) is 5.60 Å². The van der Waals surface area contributed by atoms with Crippen molar-refractivity contribution in [3.05, 3.63) is 24.3 Å². The van der Waals surface area contributed by atoms with Gasteiger partial charge in [-0.25, -0.2) is 9.68 Å². The molecular formula is C10H12O6. The molecule has 6 heteroatoms. The van der Waals surface area contributed by atoms with Crippen molar-refractivity contribution >= 4 is 11.9 Å². The molecule has 6 nitrogen and oxygen atoms in total. The van der Waals surface area contributed by atoms with E-state index in [-0.39, 0.29) is 18.8 Å². The molecule has 0 atom stereocenters. The Balaban J connectivity index is 2.49. The van der Waals surface area contributed by atoms with Crippen LogP contribution in [0.3, 0.4) is 0 Å². The molecule has 0 amide bonds. The standard InChI is InChI=1S/C10H12O6/c1-14-9(12)15-7-6-10(16-13)4-2-8(11)3-5-10/h2-5,13H,6-7H2,1H3. The Hall–Kier alpha value is -1.66. The van der Waals surface area contributed by atoms with Crippen LogP contribution in [0, 0.1) is 0 Å². The second-order valence-corrected chi connectivity index (χ2v) is 3.17. The monoisotopic (exact) mass is 228 g/mol. The lowest BCUT2D eigenvalue weighted by Gasteiger charge is -2.24. The van der Waals surface area contributed by atoms with Gasteiger partial charge in [0.2, 0.25) is 0 Å². The van der Waals surface area contributed by atoms with Gasteiger partial charge in [0, 0.05) is 6.42 Å². The maximum absolute atomic E-state index is 10.9. The normalized spacial score (nSPS) is 17.2. The molecule has 1 N–H and O–H groups in total. The average Bonchev–Trinajstić information content (AvgIpc) is 2.32. The minimum atomic E-state index is -1.12. The van der Waals surface area contributed by atoms with Gasteiger partial charge in [-0.2, -0.15) is 0 Å². The Morgan fingerprint density at radius 3 is 2.56 bits per heavy atom. The highest BCUT2D eigenvalue weighted by atomic mass is 17.1. The Bertz CT molecular complexity index is 314. The molecule has 0 aliphatic heterocycles. The van der Waals surface area contributed by atoms with Gasteiger partial charge < -0.3 is 9.47 Å². The van der Waals surface area contributed by atoms with Crippen molar-refractivity contribution in [3.63, 3.8) is 0 Å². The van der Waals surface area contributed by atoms with Crippen molar-refractivity contribution in [2.75, 3.05) is 13.7 Å². The largest absolute Gasteiger partial charge is 0.507 e. The van der Waals surface area contributed by atoms with E-state index in [9.17, 15) is 9.59 Å². The van der Waals surface area contributed by atoms with Crippen LogP contribution in [0.4, 0.5) is 4.79 Å². The summed E-state index contributed by atoms with van der Waals surface area (Å²) in [6.45, 7) is -0.00387. The molecule has 0 aromatic heterocycles. The van der Waals surface area contributed by atoms with Crippen molar-refractivity contribution in [2.24, 2.45) is 0 Å². The van der Waals surface area contributed by atoms with Gasteiger partial charge in [-0.15, -0.1) is 0 Å². The van der Waals surface area contributed by atoms with E-state index in [2.05, 4.69) is 14.4 Å². The van der Waals surface area contributed by atoms with Crippen LogP contribution in [0.25, 0.3) is 0 Å². The Morgan fingerprint density at radius 1 is 1.44 bits per heavy atom. The Morgan fingerprint density at radius 2 is 2.06 bits per heavy atom. The van der Waals surface area contributed by atoms with Gasteiger partial charge in [-0.3, -0.25) is 10.1 Å². The van der Waals surface area contributed by atoms with E-state index in [4.69, 9.17) is 5.26 Å². The topological polar surface area (TPSA) is 82.1 Å². The predicted octanol–water partition coefficient (Wildman–Crippen LogP) is 1.08. The van der Waals surface area contributed by atoms with Gasteiger partial charge in [0.05, 0.1) is 13.7 Å². The van der Waals surface area contributed by atoms with Crippen LogP contribution < -0.4 is 0 Å². The summed E-state index contributed by atoms with van der Waals surface area (Å²) < 4.78 is 8.91. The maximum atomic E-state index is 10.9. The molecule has 0 fully saturated rings. The molecular weight excluding hydrogens is 216 g/mol. The first-order valence-electron chi connectivity index (χ1n) is 4.58. The van der Waals surface area contributed by atoms with Crippen molar-refractivity contribution in [2.45, 2.75) is 12.0 Å². The first kappa shape index (κ1) is 12.4. The van der Waals surface area contributed by atoms with E-state index in [1.807, 2.05) is 0 Å². The van der Waals surface area contributed by atoms with Crippen molar-refractivity contribution in [3.8, 4) is 0 Å². The summed E-state index contributed by atoms with van der Waals surface area (Å²) >= 11 is 0. The smallest absolute Gasteiger partial charge is 0.438 e. The van der Waals surface area contributed by atoms with Crippen molar-refractivity contribution < 1.29 is 29.2 Å². The first-order chi connectivity index (χ1) is 7.62. The summed E-state index contributed by atoms with van der Waals surface area (Å²) in [5.41, 5.74) is -1.12. The minimum Gasteiger partial charge on any atom is -0.438 e. The van der Waals surface area contributed by atoms with E-state index in [0.717, 1.165) is 0 Å². The quantitative estimate of drug-likeness (QED) is 0.440. The van der Waals surface area contributed by atoms with Crippen LogP contribution in [0.2, 0.25) is 0 Å². The maximum Gasteiger partial charge on any atom is 0.507 e. The summed E-state index contributed by atoms with van der Waals surface area (Å²) in [6.07, 6.45) is 4.71. The summed E-state index contributed by atoms with van der Waals surface area (Å²) in [7, 11) is 1.19. The number of hydrogen-bond donors (Lipinski definition) is 1. The summed E-state index contributed by atoms with van der Waals surface area (Å²) in [6, 6.07) is 0. The number of ketones is 1. The van der Waals surface area contributed by atoms with Crippen LogP contribution in [0.15, 0.2) is 24.3 Å². The number of carbonyl (C=O) groups excluding carboxylic acids is 2. The highest BCUT2D eigenvalue weighted by Crippen LogP contribution is 2.22. The van der Waals surface area contributed by atoms with Gasteiger partial charge in [0.25, 0.3) is 0 Å². The molecule has 88 valence electrons. The fourth-order valence-corrected chi connectivity index (χ4v) is 1.18. The number of hydrogen-bond acceptors (Lipinski definition) is 6. The molecule has 0 saturated heterocycles. The van der Waals surface area contributed by atoms with Gasteiger partial charge >= 0.3 is 6.16 Å². The zero-order chi connectivity index (χ0) is 12.0. The zero-order valence-electron chi connectivity index (χ0n) is 8.71. The molecule has 0 spiro atoms. The lowest BCUT2D eigenvalue weighted by Crippen LogP contribution is -2.31. The van der Waals surface area contributed by atoms with Crippen molar-refractivity contribution in [1.82, 2.24) is 0 Å². The van der Waals surface area contributed by atoms with E-state index in [1.54, 1.807) is 0 Å². The molecule has 16 heavy (non-hydrogen) atoms. The lowest BCUT2D eigenvalue weighted by atomic mass is 9.94. The summed E-state index contributed by atoms with van der Waals surface area (Å²) in [5.74, 6) is -0.193. The van der Waals surface area contributed by atoms with E-state index in [1.165, 1.54) is 31.4 Å². The third-order valence-electron chi connectivity index (χ3n) is 2.11. The van der Waals surface area contributed by atoms with E-state index < -0.39 is 11.8 Å². The predicted molar refractivity (Wildman–Crippen MR) is 52.7 cm³/mol. The lowest BCUT2D eigenvalue weighted by molar-refractivity contribution is -0.295. The number of rotatable bonds is 4. The fraction of sp³-hybridized carbons (Fsp3) is 0.400.